The SMILES string of the molecule is Cc1cc(CN2CCN(C(=O)C(C)N)CC2)no1.Cl. The number of aryl methyl sites for hydroxylation is 1. The van der Waals surface area contributed by atoms with E-state index in [1.807, 2.05) is 17.9 Å². The molecule has 0 spiro atoms. The highest BCUT2D eigenvalue weighted by Gasteiger charge is 2.23. The average molecular weight is 289 g/mol. The molecular weight excluding hydrogens is 268 g/mol. The standard InChI is InChI=1S/C12H20N4O2.ClH/c1-9-7-11(14-18-9)8-15-3-5-16(6-4-15)12(17)10(2)13;/h7,10H,3-6,8,13H2,1-2H3;1H. The van der Waals surface area contributed by atoms with Crippen LogP contribution in [-0.4, -0.2) is 53.1 Å². The van der Waals surface area contributed by atoms with Crippen LogP contribution in [0.3, 0.4) is 0 Å². The molecule has 7 heteroatoms. The van der Waals surface area contributed by atoms with Crippen molar-refractivity contribution in [1.82, 2.24) is 15.0 Å². The first-order chi connectivity index (χ1) is 8.56. The van der Waals surface area contributed by atoms with Gasteiger partial charge in [-0.15, -0.1) is 12.4 Å². The molecule has 1 fully saturated rings. The normalized spacial score (nSPS) is 17.9. The first-order valence-corrected chi connectivity index (χ1v) is 6.25. The Hall–Kier alpha value is -1.11. The minimum Gasteiger partial charge on any atom is -0.361 e. The third kappa shape index (κ3) is 4.19. The number of amides is 1. The van der Waals surface area contributed by atoms with Crippen LogP contribution in [0.2, 0.25) is 0 Å². The lowest BCUT2D eigenvalue weighted by molar-refractivity contribution is -0.134. The molecule has 1 amide bonds. The second-order valence-electron chi connectivity index (χ2n) is 4.82. The van der Waals surface area contributed by atoms with E-state index in [4.69, 9.17) is 10.3 Å². The lowest BCUT2D eigenvalue weighted by Gasteiger charge is -2.35. The second kappa shape index (κ2) is 6.88. The average Bonchev–Trinajstić information content (AvgIpc) is 2.75. The molecule has 19 heavy (non-hydrogen) atoms. The van der Waals surface area contributed by atoms with Gasteiger partial charge in [0.2, 0.25) is 5.91 Å². The van der Waals surface area contributed by atoms with E-state index in [0.717, 1.165) is 44.2 Å². The Kier molecular flexibility index (Phi) is 5.78. The molecule has 0 radical (unpaired) electrons. The maximum atomic E-state index is 11.7. The van der Waals surface area contributed by atoms with Crippen LogP contribution in [-0.2, 0) is 11.3 Å². The van der Waals surface area contributed by atoms with E-state index >= 15 is 0 Å². The largest absolute Gasteiger partial charge is 0.361 e. The highest BCUT2D eigenvalue weighted by atomic mass is 35.5. The second-order valence-corrected chi connectivity index (χ2v) is 4.82. The quantitative estimate of drug-likeness (QED) is 0.871. The van der Waals surface area contributed by atoms with Gasteiger partial charge in [0.15, 0.2) is 0 Å². The monoisotopic (exact) mass is 288 g/mol. The van der Waals surface area contributed by atoms with Gasteiger partial charge in [-0.05, 0) is 13.8 Å². The van der Waals surface area contributed by atoms with Gasteiger partial charge in [0.05, 0.1) is 11.7 Å². The van der Waals surface area contributed by atoms with E-state index in [2.05, 4.69) is 10.1 Å². The first-order valence-electron chi connectivity index (χ1n) is 6.25. The van der Waals surface area contributed by atoms with E-state index in [-0.39, 0.29) is 18.3 Å². The van der Waals surface area contributed by atoms with Crippen LogP contribution in [0, 0.1) is 6.92 Å². The zero-order chi connectivity index (χ0) is 13.1. The summed E-state index contributed by atoms with van der Waals surface area (Å²) in [6, 6.07) is 1.54. The van der Waals surface area contributed by atoms with Crippen LogP contribution in [0.1, 0.15) is 18.4 Å². The number of carbonyl (C=O) groups excluding carboxylic acids is 1. The number of nitrogens with zero attached hydrogens (tertiary/aromatic N) is 3. The molecule has 0 bridgehead atoms. The number of rotatable bonds is 3. The van der Waals surface area contributed by atoms with Crippen molar-refractivity contribution in [3.63, 3.8) is 0 Å². The van der Waals surface area contributed by atoms with Crippen LogP contribution in [0.5, 0.6) is 0 Å². The Bertz CT molecular complexity index is 414. The van der Waals surface area contributed by atoms with Crippen molar-refractivity contribution in [3.8, 4) is 0 Å². The van der Waals surface area contributed by atoms with Gasteiger partial charge in [0, 0.05) is 38.8 Å². The van der Waals surface area contributed by atoms with Gasteiger partial charge in [-0.3, -0.25) is 9.69 Å². The molecule has 1 aliphatic rings. The summed E-state index contributed by atoms with van der Waals surface area (Å²) in [5.41, 5.74) is 6.54. The highest BCUT2D eigenvalue weighted by Crippen LogP contribution is 2.09. The first kappa shape index (κ1) is 15.9. The molecule has 1 atom stereocenters. The van der Waals surface area contributed by atoms with Gasteiger partial charge < -0.3 is 15.2 Å². The maximum absolute atomic E-state index is 11.7. The van der Waals surface area contributed by atoms with E-state index in [1.54, 1.807) is 6.92 Å². The fourth-order valence-corrected chi connectivity index (χ4v) is 2.14. The summed E-state index contributed by atoms with van der Waals surface area (Å²) in [5, 5.41) is 3.98. The van der Waals surface area contributed by atoms with Crippen molar-refractivity contribution >= 4 is 18.3 Å². The van der Waals surface area contributed by atoms with Crippen LogP contribution in [0.15, 0.2) is 10.6 Å². The summed E-state index contributed by atoms with van der Waals surface area (Å²) in [7, 11) is 0. The molecule has 108 valence electrons. The topological polar surface area (TPSA) is 75.6 Å². The predicted octanol–water partition coefficient (Wildman–Crippen LogP) is 0.396. The third-order valence-corrected chi connectivity index (χ3v) is 3.14. The van der Waals surface area contributed by atoms with Gasteiger partial charge in [-0.2, -0.15) is 0 Å². The van der Waals surface area contributed by atoms with Crippen molar-refractivity contribution in [1.29, 1.82) is 0 Å². The van der Waals surface area contributed by atoms with Gasteiger partial charge in [-0.25, -0.2) is 0 Å². The molecule has 0 aromatic carbocycles. The van der Waals surface area contributed by atoms with E-state index in [1.165, 1.54) is 0 Å². The van der Waals surface area contributed by atoms with Crippen molar-refractivity contribution in [2.24, 2.45) is 5.73 Å². The Labute approximate surface area is 119 Å². The number of hydrogen-bond acceptors (Lipinski definition) is 5. The summed E-state index contributed by atoms with van der Waals surface area (Å²) in [5.74, 6) is 0.864. The summed E-state index contributed by atoms with van der Waals surface area (Å²) >= 11 is 0. The number of carbonyl (C=O) groups is 1. The smallest absolute Gasteiger partial charge is 0.239 e. The van der Waals surface area contributed by atoms with Crippen molar-refractivity contribution in [2.75, 3.05) is 26.2 Å². The van der Waals surface area contributed by atoms with Crippen LogP contribution in [0.25, 0.3) is 0 Å². The zero-order valence-electron chi connectivity index (χ0n) is 11.3. The summed E-state index contributed by atoms with van der Waals surface area (Å²) < 4.78 is 5.04. The van der Waals surface area contributed by atoms with Crippen molar-refractivity contribution in [3.05, 3.63) is 17.5 Å². The summed E-state index contributed by atoms with van der Waals surface area (Å²) in [6.45, 7) is 7.56. The minimum absolute atomic E-state index is 0. The zero-order valence-corrected chi connectivity index (χ0v) is 12.2. The molecule has 2 heterocycles. The molecule has 1 unspecified atom stereocenters. The summed E-state index contributed by atoms with van der Waals surface area (Å²) in [6.07, 6.45) is 0. The van der Waals surface area contributed by atoms with Gasteiger partial charge in [0.1, 0.15) is 5.76 Å². The lowest BCUT2D eigenvalue weighted by atomic mass is 10.2. The van der Waals surface area contributed by atoms with Crippen molar-refractivity contribution < 1.29 is 9.32 Å². The molecule has 0 saturated carbocycles. The lowest BCUT2D eigenvalue weighted by Crippen LogP contribution is -2.52. The molecule has 2 rings (SSSR count). The van der Waals surface area contributed by atoms with E-state index in [0.29, 0.717) is 0 Å². The Morgan fingerprint density at radius 1 is 1.47 bits per heavy atom. The van der Waals surface area contributed by atoms with E-state index < -0.39 is 6.04 Å². The van der Waals surface area contributed by atoms with Crippen LogP contribution in [0.4, 0.5) is 0 Å². The molecule has 6 nitrogen and oxygen atoms in total. The van der Waals surface area contributed by atoms with Crippen LogP contribution < -0.4 is 5.73 Å². The maximum Gasteiger partial charge on any atom is 0.239 e. The molecular formula is C12H21ClN4O2. The number of hydrogen-bond donors (Lipinski definition) is 1. The third-order valence-electron chi connectivity index (χ3n) is 3.14. The number of nitrogens with two attached hydrogens (primary N) is 1. The summed E-state index contributed by atoms with van der Waals surface area (Å²) in [4.78, 5) is 15.8. The number of piperazine rings is 1. The minimum atomic E-state index is -0.408. The highest BCUT2D eigenvalue weighted by molar-refractivity contribution is 5.85. The van der Waals surface area contributed by atoms with Crippen molar-refractivity contribution in [2.45, 2.75) is 26.4 Å². The van der Waals surface area contributed by atoms with E-state index in [9.17, 15) is 4.79 Å². The molecule has 1 aromatic heterocycles. The van der Waals surface area contributed by atoms with Crippen LogP contribution >= 0.6 is 12.4 Å². The van der Waals surface area contributed by atoms with Gasteiger partial charge in [-0.1, -0.05) is 5.16 Å². The number of aromatic nitrogens is 1. The predicted molar refractivity (Wildman–Crippen MR) is 74.0 cm³/mol. The van der Waals surface area contributed by atoms with Gasteiger partial charge >= 0.3 is 0 Å². The number of halogens is 1. The Morgan fingerprint density at radius 2 is 2.11 bits per heavy atom. The molecule has 1 aliphatic heterocycles. The van der Waals surface area contributed by atoms with Gasteiger partial charge in [0.25, 0.3) is 0 Å². The Balaban J connectivity index is 0.00000180. The Morgan fingerprint density at radius 3 is 2.58 bits per heavy atom. The fourth-order valence-electron chi connectivity index (χ4n) is 2.14. The molecule has 2 N–H and O–H groups in total. The molecule has 1 aromatic rings. The molecule has 1 saturated heterocycles. The fraction of sp³-hybridized carbons (Fsp3) is 0.667. The molecule has 0 aliphatic carbocycles.